The summed E-state index contributed by atoms with van der Waals surface area (Å²) in [5, 5.41) is 6.91. The Hall–Kier alpha value is -4.46. The van der Waals surface area contributed by atoms with Crippen LogP contribution >= 0.6 is 15.9 Å². The number of anilines is 1. The van der Waals surface area contributed by atoms with Crippen LogP contribution in [0.5, 0.6) is 0 Å². The molecule has 14 heteroatoms. The summed E-state index contributed by atoms with van der Waals surface area (Å²) in [7, 11) is 0. The summed E-state index contributed by atoms with van der Waals surface area (Å²) in [5.41, 5.74) is -0.573. The molecule has 0 spiro atoms. The van der Waals surface area contributed by atoms with Crippen molar-refractivity contribution in [1.29, 1.82) is 0 Å². The van der Waals surface area contributed by atoms with Gasteiger partial charge in [-0.2, -0.15) is 18.3 Å². The highest BCUT2D eigenvalue weighted by Gasteiger charge is 2.44. The number of halogens is 4. The maximum atomic E-state index is 14.6. The number of ketones is 1. The van der Waals surface area contributed by atoms with Gasteiger partial charge in [0.15, 0.2) is 5.78 Å². The quantitative estimate of drug-likeness (QED) is 0.146. The summed E-state index contributed by atoms with van der Waals surface area (Å²) < 4.78 is 45.1. The molecule has 4 aromatic rings. The summed E-state index contributed by atoms with van der Waals surface area (Å²) >= 11 is 3.28. The molecule has 2 amide bonds. The molecule has 1 aromatic carbocycles. The highest BCUT2D eigenvalue weighted by atomic mass is 79.9. The van der Waals surface area contributed by atoms with Crippen LogP contribution in [0.3, 0.4) is 0 Å². The fourth-order valence-electron chi connectivity index (χ4n) is 5.66. The highest BCUT2D eigenvalue weighted by molar-refractivity contribution is 9.10. The van der Waals surface area contributed by atoms with E-state index in [1.165, 1.54) is 36.4 Å². The number of hydrogen-bond donors (Lipinski definition) is 1. The van der Waals surface area contributed by atoms with Crippen molar-refractivity contribution < 1.29 is 27.6 Å². The van der Waals surface area contributed by atoms with E-state index < -0.39 is 53.5 Å². The second-order valence-electron chi connectivity index (χ2n) is 11.0. The van der Waals surface area contributed by atoms with Gasteiger partial charge in [0, 0.05) is 30.3 Å². The minimum atomic E-state index is -4.86. The van der Waals surface area contributed by atoms with Gasteiger partial charge >= 0.3 is 6.18 Å². The number of aromatic nitrogens is 5. The van der Waals surface area contributed by atoms with E-state index in [0.717, 1.165) is 10.7 Å². The number of carbonyl (C=O) groups excluding carboxylic acids is 3. The third-order valence-corrected chi connectivity index (χ3v) is 8.30. The van der Waals surface area contributed by atoms with Gasteiger partial charge in [-0.15, -0.1) is 6.58 Å². The molecule has 10 nitrogen and oxygen atoms in total. The molecule has 1 saturated heterocycles. The fourth-order valence-corrected chi connectivity index (χ4v) is 5.97. The van der Waals surface area contributed by atoms with Crippen molar-refractivity contribution >= 4 is 50.2 Å². The molecule has 0 bridgehead atoms. The number of carbonyl (C=O) groups is 3. The minimum Gasteiger partial charge on any atom is -0.322 e. The third kappa shape index (κ3) is 6.23. The van der Waals surface area contributed by atoms with Crippen LogP contribution in [-0.2, 0) is 22.3 Å². The molecular formula is C31H29BrF3N7O3. The Morgan fingerprint density at radius 3 is 2.44 bits per heavy atom. The van der Waals surface area contributed by atoms with Gasteiger partial charge in [0.25, 0.3) is 0 Å². The molecule has 3 atom stereocenters. The Labute approximate surface area is 264 Å². The first-order valence-electron chi connectivity index (χ1n) is 14.0. The molecule has 45 heavy (non-hydrogen) atoms. The number of amides is 2. The number of alkyl halides is 3. The largest absolute Gasteiger partial charge is 0.418 e. The van der Waals surface area contributed by atoms with E-state index in [2.05, 4.69) is 47.9 Å². The first-order chi connectivity index (χ1) is 21.2. The van der Waals surface area contributed by atoms with E-state index in [9.17, 15) is 27.6 Å². The second kappa shape index (κ2) is 12.1. The number of nitrogens with one attached hydrogen (secondary N) is 1. The molecule has 5 rings (SSSR count). The number of rotatable bonds is 7. The summed E-state index contributed by atoms with van der Waals surface area (Å²) in [4.78, 5) is 53.9. The fraction of sp³-hybridized carbons (Fsp3) is 0.323. The van der Waals surface area contributed by atoms with Gasteiger partial charge in [0.05, 0.1) is 17.1 Å². The Bertz CT molecular complexity index is 1840. The third-order valence-electron chi connectivity index (χ3n) is 7.85. The number of hydrogen-bond acceptors (Lipinski definition) is 7. The molecule has 0 saturated carbocycles. The summed E-state index contributed by atoms with van der Waals surface area (Å²) in [5.74, 6) is -1.16. The Balaban J connectivity index is 1.57. The van der Waals surface area contributed by atoms with Crippen LogP contribution < -0.4 is 5.32 Å². The number of benzene rings is 1. The lowest BCUT2D eigenvalue weighted by Gasteiger charge is -2.29. The van der Waals surface area contributed by atoms with Gasteiger partial charge in [0.1, 0.15) is 34.5 Å². The lowest BCUT2D eigenvalue weighted by Crippen LogP contribution is -2.48. The number of fused-ring (bicyclic) bond motifs is 1. The molecule has 1 aliphatic rings. The first kappa shape index (κ1) is 31.9. The molecule has 0 aliphatic carbocycles. The number of likely N-dealkylation sites (tertiary alicyclic amines) is 1. The Morgan fingerprint density at radius 2 is 1.82 bits per heavy atom. The standard InChI is InChI=1S/C31H29BrF3N7O3/c1-6-23-16(3)9-24(30(45)39-29-15(2)7-8-25(32)38-29)42(23)26(44)14-41-28-21(27(40-41)17(4)43)10-19(11-22(28)31(33,34)35)20-12-36-18(5)37-13-20/h6-8,10-13,16,23-24H,1,9,14H2,2-5H3,(H,38,39,45)/t16-,23+,24-/m0/s1. The maximum absolute atomic E-state index is 14.6. The van der Waals surface area contributed by atoms with Gasteiger partial charge < -0.3 is 10.2 Å². The molecule has 4 heterocycles. The Kier molecular flexibility index (Phi) is 8.62. The van der Waals surface area contributed by atoms with Crippen LogP contribution in [-0.4, -0.2) is 59.3 Å². The van der Waals surface area contributed by atoms with E-state index in [1.54, 1.807) is 26.0 Å². The molecule has 234 valence electrons. The molecule has 3 aromatic heterocycles. The zero-order valence-corrected chi connectivity index (χ0v) is 26.4. The van der Waals surface area contributed by atoms with E-state index in [0.29, 0.717) is 27.4 Å². The highest BCUT2D eigenvalue weighted by Crippen LogP contribution is 2.40. The van der Waals surface area contributed by atoms with Crippen LogP contribution in [0, 0.1) is 19.8 Å². The van der Waals surface area contributed by atoms with Gasteiger partial charge in [-0.3, -0.25) is 19.1 Å². The average molecular weight is 685 g/mol. The van der Waals surface area contributed by atoms with Crippen LogP contribution in [0.2, 0.25) is 0 Å². The topological polar surface area (TPSA) is 123 Å². The SMILES string of the molecule is C=C[C@@H]1[C@@H](C)C[C@@H](C(=O)Nc2nc(Br)ccc2C)N1C(=O)Cn1nc(C(C)=O)c2cc(-c3cnc(C)nc3)cc(C(F)(F)F)c21. The van der Waals surface area contributed by atoms with Crippen molar-refractivity contribution in [1.82, 2.24) is 29.6 Å². The molecule has 0 unspecified atom stereocenters. The van der Waals surface area contributed by atoms with E-state index in [4.69, 9.17) is 0 Å². The second-order valence-corrected chi connectivity index (χ2v) is 11.9. The first-order valence-corrected chi connectivity index (χ1v) is 14.8. The summed E-state index contributed by atoms with van der Waals surface area (Å²) in [6, 6.07) is 4.30. The molecule has 1 N–H and O–H groups in total. The molecule has 1 aliphatic heterocycles. The van der Waals surface area contributed by atoms with E-state index in [1.807, 2.05) is 6.92 Å². The molecular weight excluding hydrogens is 655 g/mol. The lowest BCUT2D eigenvalue weighted by molar-refractivity contribution is -0.139. The predicted molar refractivity (Wildman–Crippen MR) is 164 cm³/mol. The normalized spacial score (nSPS) is 18.3. The number of nitrogens with zero attached hydrogens (tertiary/aromatic N) is 6. The zero-order valence-electron chi connectivity index (χ0n) is 24.8. The van der Waals surface area contributed by atoms with Gasteiger partial charge in [-0.05, 0) is 71.4 Å². The number of Topliss-reactive ketones (excluding diaryl/α,β-unsaturated/α-hetero) is 1. The average Bonchev–Trinajstić information content (AvgIpc) is 3.51. The van der Waals surface area contributed by atoms with Gasteiger partial charge in [0.2, 0.25) is 11.8 Å². The van der Waals surface area contributed by atoms with Crippen molar-refractivity contribution in [2.24, 2.45) is 5.92 Å². The molecule has 0 radical (unpaired) electrons. The maximum Gasteiger partial charge on any atom is 0.418 e. The van der Waals surface area contributed by atoms with Gasteiger partial charge in [-0.25, -0.2) is 15.0 Å². The van der Waals surface area contributed by atoms with E-state index >= 15 is 0 Å². The van der Waals surface area contributed by atoms with Crippen molar-refractivity contribution in [2.45, 2.75) is 58.9 Å². The van der Waals surface area contributed by atoms with Crippen LogP contribution in [0.15, 0.2) is 53.9 Å². The zero-order chi connectivity index (χ0) is 32.8. The number of aryl methyl sites for hydroxylation is 2. The monoisotopic (exact) mass is 683 g/mol. The number of pyridine rings is 1. The predicted octanol–water partition coefficient (Wildman–Crippen LogP) is 5.92. The van der Waals surface area contributed by atoms with Crippen molar-refractivity contribution in [3.63, 3.8) is 0 Å². The van der Waals surface area contributed by atoms with Crippen molar-refractivity contribution in [2.75, 3.05) is 5.32 Å². The van der Waals surface area contributed by atoms with Crippen molar-refractivity contribution in [3.8, 4) is 11.1 Å². The molecule has 1 fully saturated rings. The van der Waals surface area contributed by atoms with Crippen LogP contribution in [0.1, 0.15) is 47.7 Å². The smallest absolute Gasteiger partial charge is 0.322 e. The van der Waals surface area contributed by atoms with Crippen molar-refractivity contribution in [3.05, 3.63) is 76.6 Å². The van der Waals surface area contributed by atoms with Crippen LogP contribution in [0.4, 0.5) is 19.0 Å². The summed E-state index contributed by atoms with van der Waals surface area (Å²) in [6.45, 7) is 9.64. The van der Waals surface area contributed by atoms with Gasteiger partial charge in [-0.1, -0.05) is 19.1 Å². The summed E-state index contributed by atoms with van der Waals surface area (Å²) in [6.07, 6.45) is -0.248. The van der Waals surface area contributed by atoms with Crippen LogP contribution in [0.25, 0.3) is 22.0 Å². The lowest BCUT2D eigenvalue weighted by atomic mass is 10.00. The minimum absolute atomic E-state index is 0.0683. The van der Waals surface area contributed by atoms with E-state index in [-0.39, 0.29) is 29.0 Å². The Morgan fingerprint density at radius 1 is 1.13 bits per heavy atom.